The molecule has 0 fully saturated rings. The van der Waals surface area contributed by atoms with E-state index in [-0.39, 0.29) is 5.41 Å². The van der Waals surface area contributed by atoms with Crippen molar-refractivity contribution in [3.05, 3.63) is 42.1 Å². The molecule has 6 nitrogen and oxygen atoms in total. The van der Waals surface area contributed by atoms with Gasteiger partial charge in [0.05, 0.1) is 13.7 Å². The van der Waals surface area contributed by atoms with Gasteiger partial charge in [0.25, 0.3) is 0 Å². The number of ether oxygens (including phenoxy) is 3. The first-order valence-corrected chi connectivity index (χ1v) is 7.64. The normalized spacial score (nSPS) is 18.2. The Morgan fingerprint density at radius 3 is 2.75 bits per heavy atom. The molecule has 1 aliphatic rings. The summed E-state index contributed by atoms with van der Waals surface area (Å²) in [6.45, 7) is 4.39. The number of hydrogen-bond donors (Lipinski definition) is 1. The van der Waals surface area contributed by atoms with Crippen LogP contribution in [0.3, 0.4) is 0 Å². The second-order valence-corrected chi connectivity index (χ2v) is 6.43. The lowest BCUT2D eigenvalue weighted by Crippen LogP contribution is -2.37. The number of primary amides is 1. The van der Waals surface area contributed by atoms with Gasteiger partial charge in [-0.05, 0) is 23.3 Å². The fourth-order valence-corrected chi connectivity index (χ4v) is 2.86. The molecule has 1 aromatic carbocycles. The van der Waals surface area contributed by atoms with Gasteiger partial charge in [-0.15, -0.1) is 0 Å². The average molecular weight is 328 g/mol. The topological polar surface area (TPSA) is 83.7 Å². The Kier molecular flexibility index (Phi) is 4.05. The molecular formula is C18H20N2O4. The molecule has 1 aliphatic heterocycles. The monoisotopic (exact) mass is 328 g/mol. The van der Waals surface area contributed by atoms with Gasteiger partial charge in [0.2, 0.25) is 5.88 Å². The van der Waals surface area contributed by atoms with Crippen LogP contribution in [0.4, 0.5) is 4.79 Å². The fourth-order valence-electron chi connectivity index (χ4n) is 2.86. The SMILES string of the molecule is COc1cc(-c2ccc3c(c2)OCC(C)(C)C3OC(N)=O)ccn1. The average Bonchev–Trinajstić information content (AvgIpc) is 2.57. The van der Waals surface area contributed by atoms with E-state index in [1.54, 1.807) is 13.3 Å². The Bertz CT molecular complexity index is 773. The number of methoxy groups -OCH3 is 1. The van der Waals surface area contributed by atoms with E-state index >= 15 is 0 Å². The quantitative estimate of drug-likeness (QED) is 0.934. The van der Waals surface area contributed by atoms with Crippen LogP contribution in [-0.4, -0.2) is 24.8 Å². The molecule has 0 saturated carbocycles. The smallest absolute Gasteiger partial charge is 0.405 e. The van der Waals surface area contributed by atoms with Gasteiger partial charge >= 0.3 is 6.09 Å². The van der Waals surface area contributed by atoms with E-state index in [2.05, 4.69) is 4.98 Å². The molecule has 6 heteroatoms. The molecular weight excluding hydrogens is 308 g/mol. The number of nitrogens with zero attached hydrogens (tertiary/aromatic N) is 1. The van der Waals surface area contributed by atoms with Crippen LogP contribution in [0.1, 0.15) is 25.5 Å². The zero-order valence-electron chi connectivity index (χ0n) is 13.9. The molecule has 126 valence electrons. The van der Waals surface area contributed by atoms with Gasteiger partial charge in [0, 0.05) is 23.2 Å². The number of amides is 1. The Hall–Kier alpha value is -2.76. The van der Waals surface area contributed by atoms with Gasteiger partial charge in [-0.1, -0.05) is 26.0 Å². The van der Waals surface area contributed by atoms with E-state index in [0.717, 1.165) is 16.7 Å². The highest BCUT2D eigenvalue weighted by atomic mass is 16.6. The van der Waals surface area contributed by atoms with Crippen LogP contribution >= 0.6 is 0 Å². The molecule has 0 bridgehead atoms. The van der Waals surface area contributed by atoms with E-state index < -0.39 is 12.2 Å². The Balaban J connectivity index is 2.00. The van der Waals surface area contributed by atoms with Crippen molar-refractivity contribution in [3.63, 3.8) is 0 Å². The summed E-state index contributed by atoms with van der Waals surface area (Å²) >= 11 is 0. The first-order valence-electron chi connectivity index (χ1n) is 7.64. The Morgan fingerprint density at radius 2 is 2.04 bits per heavy atom. The lowest BCUT2D eigenvalue weighted by Gasteiger charge is -2.38. The van der Waals surface area contributed by atoms with Crippen LogP contribution in [0.25, 0.3) is 11.1 Å². The minimum atomic E-state index is -0.788. The van der Waals surface area contributed by atoms with Crippen molar-refractivity contribution >= 4 is 6.09 Å². The summed E-state index contributed by atoms with van der Waals surface area (Å²) in [6.07, 6.45) is 0.458. The molecule has 24 heavy (non-hydrogen) atoms. The predicted octanol–water partition coefficient (Wildman–Crippen LogP) is 3.31. The Morgan fingerprint density at radius 1 is 1.29 bits per heavy atom. The van der Waals surface area contributed by atoms with Crippen LogP contribution in [-0.2, 0) is 4.74 Å². The van der Waals surface area contributed by atoms with Crippen LogP contribution in [0.5, 0.6) is 11.6 Å². The third-order valence-electron chi connectivity index (χ3n) is 4.12. The van der Waals surface area contributed by atoms with E-state index in [0.29, 0.717) is 18.2 Å². The number of carbonyl (C=O) groups excluding carboxylic acids is 1. The van der Waals surface area contributed by atoms with Crippen LogP contribution in [0, 0.1) is 5.41 Å². The van der Waals surface area contributed by atoms with Crippen LogP contribution < -0.4 is 15.2 Å². The van der Waals surface area contributed by atoms with E-state index in [4.69, 9.17) is 19.9 Å². The van der Waals surface area contributed by atoms with Gasteiger partial charge in [0.1, 0.15) is 11.9 Å². The minimum absolute atomic E-state index is 0.358. The standard InChI is InChI=1S/C18H20N2O4/c1-18(2)10-23-14-8-11(12-6-7-20-15(9-12)22-3)4-5-13(14)16(18)24-17(19)21/h4-9,16H,10H2,1-3H3,(H2,19,21). The van der Waals surface area contributed by atoms with Crippen molar-refractivity contribution in [3.8, 4) is 22.8 Å². The number of carbonyl (C=O) groups is 1. The highest BCUT2D eigenvalue weighted by molar-refractivity contribution is 5.68. The van der Waals surface area contributed by atoms with Gasteiger partial charge < -0.3 is 19.9 Å². The summed E-state index contributed by atoms with van der Waals surface area (Å²) in [6, 6.07) is 9.54. The lowest BCUT2D eigenvalue weighted by molar-refractivity contribution is -0.0176. The third kappa shape index (κ3) is 2.99. The molecule has 2 N–H and O–H groups in total. The highest BCUT2D eigenvalue weighted by Crippen LogP contribution is 2.46. The second kappa shape index (κ2) is 6.03. The molecule has 3 rings (SSSR count). The number of fused-ring (bicyclic) bond motifs is 1. The van der Waals surface area contributed by atoms with Crippen molar-refractivity contribution < 1.29 is 19.0 Å². The molecule has 2 heterocycles. The molecule has 1 unspecified atom stereocenters. The molecule has 1 amide bonds. The van der Waals surface area contributed by atoms with Gasteiger partial charge in [-0.2, -0.15) is 0 Å². The molecule has 1 aromatic heterocycles. The van der Waals surface area contributed by atoms with Gasteiger partial charge in [-0.3, -0.25) is 0 Å². The number of pyridine rings is 1. The first kappa shape index (κ1) is 16.1. The number of nitrogens with two attached hydrogens (primary N) is 1. The number of rotatable bonds is 3. The van der Waals surface area contributed by atoms with Crippen molar-refractivity contribution in [1.29, 1.82) is 0 Å². The summed E-state index contributed by atoms with van der Waals surface area (Å²) in [5, 5.41) is 0. The van der Waals surface area contributed by atoms with Crippen LogP contribution in [0.2, 0.25) is 0 Å². The maximum atomic E-state index is 11.3. The molecule has 0 saturated heterocycles. The first-order chi connectivity index (χ1) is 11.4. The molecule has 1 atom stereocenters. The Labute approximate surface area is 140 Å². The largest absolute Gasteiger partial charge is 0.492 e. The van der Waals surface area contributed by atoms with Gasteiger partial charge in [0.15, 0.2) is 0 Å². The van der Waals surface area contributed by atoms with E-state index in [1.165, 1.54) is 0 Å². The molecule has 0 spiro atoms. The van der Waals surface area contributed by atoms with Crippen LogP contribution in [0.15, 0.2) is 36.5 Å². The fraction of sp³-hybridized carbons (Fsp3) is 0.333. The van der Waals surface area contributed by atoms with E-state index in [1.807, 2.05) is 44.2 Å². The predicted molar refractivity (Wildman–Crippen MR) is 88.9 cm³/mol. The maximum absolute atomic E-state index is 11.3. The summed E-state index contributed by atoms with van der Waals surface area (Å²) in [4.78, 5) is 15.4. The van der Waals surface area contributed by atoms with Crippen molar-refractivity contribution in [2.75, 3.05) is 13.7 Å². The second-order valence-electron chi connectivity index (χ2n) is 6.43. The van der Waals surface area contributed by atoms with Crippen molar-refractivity contribution in [1.82, 2.24) is 4.98 Å². The van der Waals surface area contributed by atoms with Gasteiger partial charge in [-0.25, -0.2) is 9.78 Å². The summed E-state index contributed by atoms with van der Waals surface area (Å²) in [5.41, 5.74) is 7.62. The third-order valence-corrected chi connectivity index (χ3v) is 4.12. The minimum Gasteiger partial charge on any atom is -0.492 e. The van der Waals surface area contributed by atoms with Crippen molar-refractivity contribution in [2.45, 2.75) is 20.0 Å². The zero-order chi connectivity index (χ0) is 17.3. The zero-order valence-corrected chi connectivity index (χ0v) is 13.9. The van der Waals surface area contributed by atoms with E-state index in [9.17, 15) is 4.79 Å². The molecule has 2 aromatic rings. The molecule has 0 aliphatic carbocycles. The highest BCUT2D eigenvalue weighted by Gasteiger charge is 2.40. The molecule has 0 radical (unpaired) electrons. The lowest BCUT2D eigenvalue weighted by atomic mass is 9.80. The number of aromatic nitrogens is 1. The number of hydrogen-bond acceptors (Lipinski definition) is 5. The van der Waals surface area contributed by atoms with Crippen molar-refractivity contribution in [2.24, 2.45) is 11.1 Å². The maximum Gasteiger partial charge on any atom is 0.405 e. The summed E-state index contributed by atoms with van der Waals surface area (Å²) in [5.74, 6) is 1.23. The summed E-state index contributed by atoms with van der Waals surface area (Å²) < 4.78 is 16.4. The number of benzene rings is 1. The summed E-state index contributed by atoms with van der Waals surface area (Å²) in [7, 11) is 1.58.